The molecule has 1 aromatic heterocycles. The van der Waals surface area contributed by atoms with Gasteiger partial charge in [0.1, 0.15) is 0 Å². The van der Waals surface area contributed by atoms with Crippen LogP contribution in [-0.4, -0.2) is 55.8 Å². The molecule has 0 saturated carbocycles. The molecule has 0 unspecified atom stereocenters. The molecule has 1 aliphatic heterocycles. The number of hydrogen-bond acceptors (Lipinski definition) is 7. The highest BCUT2D eigenvalue weighted by molar-refractivity contribution is 7.13. The number of nitrogens with zero attached hydrogens (tertiary/aromatic N) is 2. The topological polar surface area (TPSA) is 72.9 Å². The minimum absolute atomic E-state index is 0.218. The second-order valence-corrected chi connectivity index (χ2v) is 8.24. The number of carbonyl (C=O) groups is 1. The molecule has 0 bridgehead atoms. The fraction of sp³-hybridized carbons (Fsp3) is 0.524. The summed E-state index contributed by atoms with van der Waals surface area (Å²) in [6.45, 7) is 9.02. The number of anilines is 1. The second kappa shape index (κ2) is 10.6. The van der Waals surface area contributed by atoms with Gasteiger partial charge in [-0.1, -0.05) is 13.8 Å². The van der Waals surface area contributed by atoms with Crippen molar-refractivity contribution in [1.29, 1.82) is 0 Å². The minimum atomic E-state index is -0.218. The number of benzene rings is 1. The molecule has 7 nitrogen and oxygen atoms in total. The van der Waals surface area contributed by atoms with E-state index in [1.807, 2.05) is 5.38 Å². The van der Waals surface area contributed by atoms with E-state index in [-0.39, 0.29) is 5.91 Å². The summed E-state index contributed by atoms with van der Waals surface area (Å²) in [5.41, 5.74) is 1.46. The number of thiazole rings is 1. The van der Waals surface area contributed by atoms with E-state index in [0.29, 0.717) is 34.7 Å². The first kappa shape index (κ1) is 21.5. The fourth-order valence-electron chi connectivity index (χ4n) is 2.93. The van der Waals surface area contributed by atoms with E-state index in [0.717, 1.165) is 45.0 Å². The smallest absolute Gasteiger partial charge is 0.257 e. The highest BCUT2D eigenvalue weighted by atomic mass is 32.1. The highest BCUT2D eigenvalue weighted by Crippen LogP contribution is 2.29. The number of morpholine rings is 1. The molecule has 2 heterocycles. The Labute approximate surface area is 176 Å². The predicted octanol–water partition coefficient (Wildman–Crippen LogP) is 3.66. The maximum absolute atomic E-state index is 12.6. The monoisotopic (exact) mass is 419 g/mol. The summed E-state index contributed by atoms with van der Waals surface area (Å²) in [6.07, 6.45) is 0.961. The van der Waals surface area contributed by atoms with Gasteiger partial charge in [0, 0.05) is 30.6 Å². The normalized spacial score (nSPS) is 14.8. The first-order valence-corrected chi connectivity index (χ1v) is 10.8. The number of nitrogens with one attached hydrogen (secondary N) is 1. The summed E-state index contributed by atoms with van der Waals surface area (Å²) in [6, 6.07) is 5.22. The molecule has 8 heteroatoms. The second-order valence-electron chi connectivity index (χ2n) is 7.38. The van der Waals surface area contributed by atoms with Gasteiger partial charge in [-0.15, -0.1) is 11.3 Å². The minimum Gasteiger partial charge on any atom is -0.493 e. The predicted molar refractivity (Wildman–Crippen MR) is 114 cm³/mol. The number of rotatable bonds is 9. The first-order valence-electron chi connectivity index (χ1n) is 9.92. The largest absolute Gasteiger partial charge is 0.493 e. The van der Waals surface area contributed by atoms with Gasteiger partial charge < -0.3 is 14.2 Å². The molecule has 0 aliphatic carbocycles. The van der Waals surface area contributed by atoms with Gasteiger partial charge in [0.15, 0.2) is 16.6 Å². The molecule has 1 N–H and O–H groups in total. The molecule has 2 aromatic rings. The Morgan fingerprint density at radius 1 is 1.31 bits per heavy atom. The average molecular weight is 420 g/mol. The van der Waals surface area contributed by atoms with Crippen LogP contribution in [0.5, 0.6) is 11.5 Å². The third-order valence-corrected chi connectivity index (χ3v) is 5.45. The van der Waals surface area contributed by atoms with E-state index in [4.69, 9.17) is 14.2 Å². The molecule has 1 aromatic carbocycles. The zero-order valence-corrected chi connectivity index (χ0v) is 18.1. The van der Waals surface area contributed by atoms with Crippen LogP contribution in [0, 0.1) is 5.92 Å². The van der Waals surface area contributed by atoms with Crippen molar-refractivity contribution in [2.45, 2.75) is 26.8 Å². The Balaban J connectivity index is 1.58. The lowest BCUT2D eigenvalue weighted by atomic mass is 10.1. The third-order valence-electron chi connectivity index (χ3n) is 4.64. The van der Waals surface area contributed by atoms with Crippen LogP contribution in [0.2, 0.25) is 0 Å². The van der Waals surface area contributed by atoms with Crippen molar-refractivity contribution >= 4 is 22.4 Å². The molecule has 1 amide bonds. The summed E-state index contributed by atoms with van der Waals surface area (Å²) >= 11 is 1.43. The molecule has 0 radical (unpaired) electrons. The number of carbonyl (C=O) groups excluding carboxylic acids is 1. The van der Waals surface area contributed by atoms with Crippen molar-refractivity contribution in [3.63, 3.8) is 0 Å². The van der Waals surface area contributed by atoms with E-state index in [9.17, 15) is 4.79 Å². The summed E-state index contributed by atoms with van der Waals surface area (Å²) in [5.74, 6) is 1.54. The number of ether oxygens (including phenoxy) is 3. The standard InChI is InChI=1S/C21H29N3O4S/c1-15(2)6-9-28-18-5-4-16(12-19(18)26-3)20(25)23-21-22-17(14-29-21)13-24-7-10-27-11-8-24/h4-5,12,14-15H,6-11,13H2,1-3H3,(H,22,23,25). The summed E-state index contributed by atoms with van der Waals surface area (Å²) < 4.78 is 16.6. The number of amides is 1. The number of methoxy groups -OCH3 is 1. The molecular weight excluding hydrogens is 390 g/mol. The summed E-state index contributed by atoms with van der Waals surface area (Å²) in [5, 5.41) is 5.45. The third kappa shape index (κ3) is 6.42. The van der Waals surface area contributed by atoms with Crippen LogP contribution >= 0.6 is 11.3 Å². The maximum atomic E-state index is 12.6. The molecule has 0 atom stereocenters. The van der Waals surface area contributed by atoms with Crippen molar-refractivity contribution in [2.75, 3.05) is 45.3 Å². The highest BCUT2D eigenvalue weighted by Gasteiger charge is 2.15. The van der Waals surface area contributed by atoms with Crippen molar-refractivity contribution in [2.24, 2.45) is 5.92 Å². The Kier molecular flexibility index (Phi) is 7.85. The van der Waals surface area contributed by atoms with E-state index < -0.39 is 0 Å². The van der Waals surface area contributed by atoms with Crippen molar-refractivity contribution in [1.82, 2.24) is 9.88 Å². The van der Waals surface area contributed by atoms with E-state index in [1.54, 1.807) is 25.3 Å². The lowest BCUT2D eigenvalue weighted by molar-refractivity contribution is 0.0337. The molecule has 158 valence electrons. The summed E-state index contributed by atoms with van der Waals surface area (Å²) in [7, 11) is 1.57. The van der Waals surface area contributed by atoms with Gasteiger partial charge in [0.2, 0.25) is 0 Å². The Morgan fingerprint density at radius 2 is 2.10 bits per heavy atom. The average Bonchev–Trinajstić information content (AvgIpc) is 3.15. The van der Waals surface area contributed by atoms with E-state index >= 15 is 0 Å². The molecular formula is C21H29N3O4S. The SMILES string of the molecule is COc1cc(C(=O)Nc2nc(CN3CCOCC3)cs2)ccc1OCCC(C)C. The molecule has 1 aliphatic rings. The number of aromatic nitrogens is 1. The van der Waals surface area contributed by atoms with E-state index in [2.05, 4.69) is 29.0 Å². The van der Waals surface area contributed by atoms with Crippen LogP contribution in [0.15, 0.2) is 23.6 Å². The van der Waals surface area contributed by atoms with Crippen LogP contribution in [0.4, 0.5) is 5.13 Å². The lowest BCUT2D eigenvalue weighted by Gasteiger charge is -2.25. The Bertz CT molecular complexity index is 803. The van der Waals surface area contributed by atoms with Crippen LogP contribution < -0.4 is 14.8 Å². The quantitative estimate of drug-likeness (QED) is 0.669. The molecule has 1 fully saturated rings. The van der Waals surface area contributed by atoms with Gasteiger partial charge in [0.25, 0.3) is 5.91 Å². The molecule has 0 spiro atoms. The fourth-order valence-corrected chi connectivity index (χ4v) is 3.62. The van der Waals surface area contributed by atoms with Crippen molar-refractivity contribution in [3.8, 4) is 11.5 Å². The van der Waals surface area contributed by atoms with Crippen molar-refractivity contribution in [3.05, 3.63) is 34.8 Å². The Morgan fingerprint density at radius 3 is 2.83 bits per heavy atom. The lowest BCUT2D eigenvalue weighted by Crippen LogP contribution is -2.35. The van der Waals surface area contributed by atoms with E-state index in [1.165, 1.54) is 11.3 Å². The summed E-state index contributed by atoms with van der Waals surface area (Å²) in [4.78, 5) is 19.5. The zero-order chi connectivity index (χ0) is 20.6. The maximum Gasteiger partial charge on any atom is 0.257 e. The van der Waals surface area contributed by atoms with Crippen LogP contribution in [0.3, 0.4) is 0 Å². The van der Waals surface area contributed by atoms with Gasteiger partial charge in [-0.3, -0.25) is 15.0 Å². The zero-order valence-electron chi connectivity index (χ0n) is 17.3. The van der Waals surface area contributed by atoms with Crippen LogP contribution in [0.1, 0.15) is 36.3 Å². The van der Waals surface area contributed by atoms with Gasteiger partial charge in [-0.2, -0.15) is 0 Å². The van der Waals surface area contributed by atoms with Crippen LogP contribution in [0.25, 0.3) is 0 Å². The van der Waals surface area contributed by atoms with Gasteiger partial charge in [-0.05, 0) is 30.5 Å². The van der Waals surface area contributed by atoms with Gasteiger partial charge in [0.05, 0.1) is 32.6 Å². The molecule has 3 rings (SSSR count). The Hall–Kier alpha value is -2.16. The first-order chi connectivity index (χ1) is 14.0. The van der Waals surface area contributed by atoms with Crippen LogP contribution in [-0.2, 0) is 11.3 Å². The van der Waals surface area contributed by atoms with Gasteiger partial charge in [-0.25, -0.2) is 4.98 Å². The van der Waals surface area contributed by atoms with Gasteiger partial charge >= 0.3 is 0 Å². The molecule has 1 saturated heterocycles. The molecule has 29 heavy (non-hydrogen) atoms. The van der Waals surface area contributed by atoms with Crippen molar-refractivity contribution < 1.29 is 19.0 Å². The number of hydrogen-bond donors (Lipinski definition) is 1.